The zero-order chi connectivity index (χ0) is 17.8. The second-order valence-electron chi connectivity index (χ2n) is 5.70. The van der Waals surface area contributed by atoms with Gasteiger partial charge < -0.3 is 26.0 Å². The van der Waals surface area contributed by atoms with Crippen molar-refractivity contribution < 1.29 is 9.53 Å². The SMILES string of the molecule is CNC1=C(CN)CN(C(=O)c2ccccc2)c2cc(OC)ccc2N1. The Bertz CT molecular complexity index is 802. The van der Waals surface area contributed by atoms with Crippen molar-refractivity contribution in [1.29, 1.82) is 0 Å². The molecule has 0 atom stereocenters. The second-order valence-corrected chi connectivity index (χ2v) is 5.70. The van der Waals surface area contributed by atoms with Gasteiger partial charge in [0, 0.05) is 30.8 Å². The van der Waals surface area contributed by atoms with Crippen LogP contribution in [-0.4, -0.2) is 33.2 Å². The molecule has 3 rings (SSSR count). The van der Waals surface area contributed by atoms with Crippen LogP contribution in [0.15, 0.2) is 59.9 Å². The van der Waals surface area contributed by atoms with E-state index in [2.05, 4.69) is 10.6 Å². The van der Waals surface area contributed by atoms with E-state index >= 15 is 0 Å². The molecule has 2 aromatic rings. The molecular weight excluding hydrogens is 316 g/mol. The third-order valence-electron chi connectivity index (χ3n) is 4.22. The van der Waals surface area contributed by atoms with Crippen LogP contribution in [0.2, 0.25) is 0 Å². The molecule has 130 valence electrons. The minimum absolute atomic E-state index is 0.0831. The lowest BCUT2D eigenvalue weighted by Crippen LogP contribution is -2.34. The number of hydrogen-bond donors (Lipinski definition) is 3. The van der Waals surface area contributed by atoms with E-state index in [1.54, 1.807) is 12.0 Å². The Labute approximate surface area is 147 Å². The molecule has 4 N–H and O–H groups in total. The first-order valence-electron chi connectivity index (χ1n) is 8.09. The second kappa shape index (κ2) is 7.27. The van der Waals surface area contributed by atoms with Crippen LogP contribution >= 0.6 is 0 Å². The van der Waals surface area contributed by atoms with Gasteiger partial charge in [-0.2, -0.15) is 0 Å². The summed E-state index contributed by atoms with van der Waals surface area (Å²) in [4.78, 5) is 14.9. The van der Waals surface area contributed by atoms with E-state index in [9.17, 15) is 4.79 Å². The summed E-state index contributed by atoms with van der Waals surface area (Å²) in [5, 5.41) is 6.47. The average Bonchev–Trinajstić information content (AvgIpc) is 2.83. The lowest BCUT2D eigenvalue weighted by Gasteiger charge is -2.24. The first-order chi connectivity index (χ1) is 12.2. The highest BCUT2D eigenvalue weighted by atomic mass is 16.5. The molecule has 0 spiro atoms. The van der Waals surface area contributed by atoms with Gasteiger partial charge in [-0.1, -0.05) is 18.2 Å². The van der Waals surface area contributed by atoms with Crippen LogP contribution in [0.1, 0.15) is 10.4 Å². The summed E-state index contributed by atoms with van der Waals surface area (Å²) in [6.45, 7) is 0.737. The van der Waals surface area contributed by atoms with Crippen molar-refractivity contribution in [2.75, 3.05) is 37.5 Å². The summed E-state index contributed by atoms with van der Waals surface area (Å²) in [6, 6.07) is 14.8. The Hall–Kier alpha value is -2.99. The van der Waals surface area contributed by atoms with Crippen molar-refractivity contribution in [2.45, 2.75) is 0 Å². The third-order valence-corrected chi connectivity index (χ3v) is 4.22. The monoisotopic (exact) mass is 338 g/mol. The molecule has 1 aliphatic rings. The number of nitrogens with zero attached hydrogens (tertiary/aromatic N) is 1. The topological polar surface area (TPSA) is 79.6 Å². The number of carbonyl (C=O) groups is 1. The summed E-state index contributed by atoms with van der Waals surface area (Å²) < 4.78 is 5.34. The van der Waals surface area contributed by atoms with Gasteiger partial charge in [-0.3, -0.25) is 4.79 Å². The quantitative estimate of drug-likeness (QED) is 0.796. The molecule has 2 aromatic carbocycles. The molecule has 6 heteroatoms. The molecule has 0 saturated heterocycles. The first-order valence-corrected chi connectivity index (χ1v) is 8.09. The average molecular weight is 338 g/mol. The van der Waals surface area contributed by atoms with Crippen molar-refractivity contribution in [3.05, 3.63) is 65.5 Å². The molecule has 1 aliphatic heterocycles. The lowest BCUT2D eigenvalue weighted by molar-refractivity contribution is 0.0989. The van der Waals surface area contributed by atoms with Crippen LogP contribution in [0.4, 0.5) is 11.4 Å². The number of methoxy groups -OCH3 is 1. The molecule has 1 heterocycles. The Kier molecular flexibility index (Phi) is 4.90. The highest BCUT2D eigenvalue weighted by Crippen LogP contribution is 2.35. The molecule has 0 bridgehead atoms. The molecule has 0 aliphatic carbocycles. The zero-order valence-electron chi connectivity index (χ0n) is 14.4. The maximum atomic E-state index is 13.1. The number of ether oxygens (including phenoxy) is 1. The number of carbonyl (C=O) groups excluding carboxylic acids is 1. The molecule has 0 unspecified atom stereocenters. The van der Waals surface area contributed by atoms with E-state index < -0.39 is 0 Å². The van der Waals surface area contributed by atoms with Crippen LogP contribution in [0, 0.1) is 0 Å². The highest BCUT2D eigenvalue weighted by molar-refractivity contribution is 6.08. The first kappa shape index (κ1) is 16.9. The standard InChI is InChI=1S/C19H22N4O2/c1-21-18-14(11-20)12-23(19(24)13-6-4-3-5-7-13)17-10-15(25-2)8-9-16(17)22-18/h3-10,21-22H,11-12,20H2,1-2H3. The molecule has 25 heavy (non-hydrogen) atoms. The van der Waals surface area contributed by atoms with E-state index in [1.807, 2.05) is 55.6 Å². The summed E-state index contributed by atoms with van der Waals surface area (Å²) >= 11 is 0. The summed E-state index contributed by atoms with van der Waals surface area (Å²) in [5.74, 6) is 1.42. The van der Waals surface area contributed by atoms with Gasteiger partial charge >= 0.3 is 0 Å². The maximum absolute atomic E-state index is 13.1. The predicted octanol–water partition coefficient (Wildman–Crippen LogP) is 2.16. The normalized spacial score (nSPS) is 13.6. The van der Waals surface area contributed by atoms with Crippen LogP contribution < -0.4 is 26.0 Å². The van der Waals surface area contributed by atoms with Gasteiger partial charge in [-0.05, 0) is 24.3 Å². The number of benzene rings is 2. The molecule has 0 saturated carbocycles. The van der Waals surface area contributed by atoms with E-state index in [4.69, 9.17) is 10.5 Å². The van der Waals surface area contributed by atoms with Crippen molar-refractivity contribution in [3.63, 3.8) is 0 Å². The zero-order valence-corrected chi connectivity index (χ0v) is 14.4. The molecule has 0 aromatic heterocycles. The Balaban J connectivity index is 2.11. The van der Waals surface area contributed by atoms with Crippen LogP contribution in [0.5, 0.6) is 5.75 Å². The van der Waals surface area contributed by atoms with Gasteiger partial charge in [0.2, 0.25) is 0 Å². The minimum atomic E-state index is -0.0831. The number of hydrogen-bond acceptors (Lipinski definition) is 5. The molecule has 0 radical (unpaired) electrons. The largest absolute Gasteiger partial charge is 0.497 e. The van der Waals surface area contributed by atoms with Crippen molar-refractivity contribution >= 4 is 17.3 Å². The van der Waals surface area contributed by atoms with E-state index in [-0.39, 0.29) is 5.91 Å². The summed E-state index contributed by atoms with van der Waals surface area (Å²) in [7, 11) is 3.44. The highest BCUT2D eigenvalue weighted by Gasteiger charge is 2.26. The number of fused-ring (bicyclic) bond motifs is 1. The van der Waals surface area contributed by atoms with Crippen molar-refractivity contribution in [3.8, 4) is 5.75 Å². The van der Waals surface area contributed by atoms with Gasteiger partial charge in [-0.25, -0.2) is 0 Å². The number of amides is 1. The fraction of sp³-hybridized carbons (Fsp3) is 0.211. The Morgan fingerprint density at radius 2 is 2.04 bits per heavy atom. The van der Waals surface area contributed by atoms with Gasteiger partial charge in [0.1, 0.15) is 11.6 Å². The molecular formula is C19H22N4O2. The van der Waals surface area contributed by atoms with Gasteiger partial charge in [0.15, 0.2) is 0 Å². The fourth-order valence-electron chi connectivity index (χ4n) is 2.87. The molecule has 6 nitrogen and oxygen atoms in total. The van der Waals surface area contributed by atoms with Gasteiger partial charge in [0.05, 0.1) is 25.0 Å². The summed E-state index contributed by atoms with van der Waals surface area (Å²) in [6.07, 6.45) is 0. The molecule has 0 fully saturated rings. The number of anilines is 2. The number of nitrogens with one attached hydrogen (secondary N) is 2. The van der Waals surface area contributed by atoms with Gasteiger partial charge in [-0.15, -0.1) is 0 Å². The smallest absolute Gasteiger partial charge is 0.258 e. The minimum Gasteiger partial charge on any atom is -0.497 e. The fourth-order valence-corrected chi connectivity index (χ4v) is 2.87. The van der Waals surface area contributed by atoms with Crippen LogP contribution in [0.3, 0.4) is 0 Å². The van der Waals surface area contributed by atoms with Crippen LogP contribution in [-0.2, 0) is 0 Å². The third kappa shape index (κ3) is 3.29. The predicted molar refractivity (Wildman–Crippen MR) is 99.9 cm³/mol. The lowest BCUT2D eigenvalue weighted by atomic mass is 10.1. The number of rotatable bonds is 4. The van der Waals surface area contributed by atoms with E-state index in [0.717, 1.165) is 22.8 Å². The van der Waals surface area contributed by atoms with Crippen LogP contribution in [0.25, 0.3) is 0 Å². The van der Waals surface area contributed by atoms with Crippen molar-refractivity contribution in [2.24, 2.45) is 5.73 Å². The van der Waals surface area contributed by atoms with E-state index in [0.29, 0.717) is 24.4 Å². The van der Waals surface area contributed by atoms with Crippen molar-refractivity contribution in [1.82, 2.24) is 5.32 Å². The van der Waals surface area contributed by atoms with E-state index in [1.165, 1.54) is 0 Å². The maximum Gasteiger partial charge on any atom is 0.258 e. The summed E-state index contributed by atoms with van der Waals surface area (Å²) in [5.41, 5.74) is 9.05. The Morgan fingerprint density at radius 3 is 2.68 bits per heavy atom. The number of nitrogens with two attached hydrogens (primary N) is 1. The molecule has 1 amide bonds. The van der Waals surface area contributed by atoms with Gasteiger partial charge in [0.25, 0.3) is 5.91 Å². The Morgan fingerprint density at radius 1 is 1.28 bits per heavy atom.